The monoisotopic (exact) mass is 402 g/mol. The van der Waals surface area contributed by atoms with Crippen molar-refractivity contribution >= 4 is 22.6 Å². The van der Waals surface area contributed by atoms with Crippen molar-refractivity contribution < 1.29 is 4.79 Å². The van der Waals surface area contributed by atoms with Gasteiger partial charge < -0.3 is 10.2 Å². The zero-order chi connectivity index (χ0) is 21.3. The predicted octanol–water partition coefficient (Wildman–Crippen LogP) is 5.16. The van der Waals surface area contributed by atoms with Crippen molar-refractivity contribution in [2.45, 2.75) is 46.1 Å². The van der Waals surface area contributed by atoms with Crippen molar-refractivity contribution in [3.63, 3.8) is 0 Å². The molecule has 0 unspecified atom stereocenters. The zero-order valence-electron chi connectivity index (χ0n) is 18.3. The third-order valence-electron chi connectivity index (χ3n) is 5.61. The van der Waals surface area contributed by atoms with Crippen LogP contribution in [0.5, 0.6) is 0 Å². The molecule has 1 N–H and O–H groups in total. The van der Waals surface area contributed by atoms with E-state index in [1.807, 2.05) is 43.3 Å². The van der Waals surface area contributed by atoms with Gasteiger partial charge in [0.1, 0.15) is 5.82 Å². The minimum atomic E-state index is 0.0361. The summed E-state index contributed by atoms with van der Waals surface area (Å²) in [6.45, 7) is 7.51. The summed E-state index contributed by atoms with van der Waals surface area (Å²) in [5.74, 6) is 1.97. The third-order valence-corrected chi connectivity index (χ3v) is 5.61. The van der Waals surface area contributed by atoms with Gasteiger partial charge in [0, 0.05) is 30.7 Å². The van der Waals surface area contributed by atoms with E-state index in [2.05, 4.69) is 47.3 Å². The quantitative estimate of drug-likeness (QED) is 0.593. The Labute approximate surface area is 178 Å². The van der Waals surface area contributed by atoms with Crippen LogP contribution in [-0.2, 0) is 6.54 Å². The van der Waals surface area contributed by atoms with Gasteiger partial charge in [-0.05, 0) is 73.1 Å². The van der Waals surface area contributed by atoms with Crippen molar-refractivity contribution in [1.29, 1.82) is 0 Å². The fourth-order valence-corrected chi connectivity index (χ4v) is 3.89. The number of amides is 1. The third kappa shape index (κ3) is 4.45. The van der Waals surface area contributed by atoms with Gasteiger partial charge in [-0.25, -0.2) is 4.98 Å². The highest BCUT2D eigenvalue weighted by Crippen LogP contribution is 2.39. The number of nitrogens with zero attached hydrogens (tertiary/aromatic N) is 3. The number of carbonyl (C=O) groups excluding carboxylic acids is 1. The fraction of sp³-hybridized carbons (Fsp3) is 0.400. The number of benzene rings is 1. The summed E-state index contributed by atoms with van der Waals surface area (Å²) in [6.07, 6.45) is 4.52. The number of pyridine rings is 2. The SMILES string of the molecule is CNc1nc2ccc(C(=O)N(Cc3ccc(C4CC4)cn3)CC(C)C)cc2cc1C. The zero-order valence-corrected chi connectivity index (χ0v) is 18.3. The van der Waals surface area contributed by atoms with E-state index in [9.17, 15) is 4.79 Å². The molecule has 2 aromatic heterocycles. The van der Waals surface area contributed by atoms with Gasteiger partial charge in [0.25, 0.3) is 5.91 Å². The summed E-state index contributed by atoms with van der Waals surface area (Å²) in [7, 11) is 1.87. The second-order valence-corrected chi connectivity index (χ2v) is 8.75. The maximum absolute atomic E-state index is 13.4. The molecule has 156 valence electrons. The molecule has 1 amide bonds. The van der Waals surface area contributed by atoms with E-state index in [0.29, 0.717) is 30.5 Å². The van der Waals surface area contributed by atoms with Crippen LogP contribution in [0.2, 0.25) is 0 Å². The van der Waals surface area contributed by atoms with Crippen molar-refractivity contribution in [3.8, 4) is 0 Å². The van der Waals surface area contributed by atoms with Gasteiger partial charge in [0.2, 0.25) is 0 Å². The number of fused-ring (bicyclic) bond motifs is 1. The lowest BCUT2D eigenvalue weighted by molar-refractivity contribution is 0.0720. The highest BCUT2D eigenvalue weighted by Gasteiger charge is 2.24. The molecule has 1 aliphatic rings. The minimum absolute atomic E-state index is 0.0361. The summed E-state index contributed by atoms with van der Waals surface area (Å²) in [5.41, 5.74) is 4.89. The molecule has 3 aromatic rings. The van der Waals surface area contributed by atoms with E-state index in [4.69, 9.17) is 0 Å². The van der Waals surface area contributed by atoms with Gasteiger partial charge in [-0.2, -0.15) is 0 Å². The number of carbonyl (C=O) groups is 1. The Bertz CT molecular complexity index is 1050. The molecule has 4 rings (SSSR count). The molecule has 5 heteroatoms. The summed E-state index contributed by atoms with van der Waals surface area (Å²) in [5, 5.41) is 4.09. The van der Waals surface area contributed by atoms with Gasteiger partial charge in [0.05, 0.1) is 17.8 Å². The van der Waals surface area contributed by atoms with Crippen LogP contribution in [0.3, 0.4) is 0 Å². The molecule has 0 saturated heterocycles. The Morgan fingerprint density at radius 3 is 2.63 bits per heavy atom. The smallest absolute Gasteiger partial charge is 0.254 e. The van der Waals surface area contributed by atoms with Crippen LogP contribution >= 0.6 is 0 Å². The Hall–Kier alpha value is -2.95. The Balaban J connectivity index is 1.59. The van der Waals surface area contributed by atoms with Crippen LogP contribution in [0, 0.1) is 12.8 Å². The van der Waals surface area contributed by atoms with Crippen molar-refractivity contribution in [2.75, 3.05) is 18.9 Å². The standard InChI is InChI=1S/C25H30N4O/c1-16(2)14-29(15-22-9-7-20(13-27-22)18-5-6-18)25(30)19-8-10-23-21(12-19)11-17(3)24(26-4)28-23/h7-13,16,18H,5-6,14-15H2,1-4H3,(H,26,28). The second kappa shape index (κ2) is 8.42. The van der Waals surface area contributed by atoms with Crippen LogP contribution in [0.15, 0.2) is 42.6 Å². The normalized spacial score (nSPS) is 13.6. The number of aryl methyl sites for hydroxylation is 1. The molecule has 1 saturated carbocycles. The highest BCUT2D eigenvalue weighted by molar-refractivity contribution is 5.98. The van der Waals surface area contributed by atoms with E-state index in [1.54, 1.807) is 0 Å². The molecule has 0 radical (unpaired) electrons. The lowest BCUT2D eigenvalue weighted by Crippen LogP contribution is -2.34. The maximum atomic E-state index is 13.4. The molecule has 0 spiro atoms. The van der Waals surface area contributed by atoms with E-state index >= 15 is 0 Å². The van der Waals surface area contributed by atoms with E-state index < -0.39 is 0 Å². The number of rotatable bonds is 7. The van der Waals surface area contributed by atoms with Crippen LogP contribution in [0.25, 0.3) is 10.9 Å². The van der Waals surface area contributed by atoms with Gasteiger partial charge >= 0.3 is 0 Å². The number of hydrogen-bond acceptors (Lipinski definition) is 4. The van der Waals surface area contributed by atoms with E-state index in [1.165, 1.54) is 18.4 Å². The molecule has 5 nitrogen and oxygen atoms in total. The predicted molar refractivity (Wildman–Crippen MR) is 122 cm³/mol. The number of hydrogen-bond donors (Lipinski definition) is 1. The van der Waals surface area contributed by atoms with Crippen molar-refractivity contribution in [1.82, 2.24) is 14.9 Å². The average molecular weight is 403 g/mol. The molecule has 0 bridgehead atoms. The summed E-state index contributed by atoms with van der Waals surface area (Å²) >= 11 is 0. The molecule has 1 aliphatic carbocycles. The molecule has 0 atom stereocenters. The molecule has 0 aliphatic heterocycles. The van der Waals surface area contributed by atoms with Gasteiger partial charge in [-0.3, -0.25) is 9.78 Å². The maximum Gasteiger partial charge on any atom is 0.254 e. The molecule has 1 aromatic carbocycles. The molecule has 1 fully saturated rings. The average Bonchev–Trinajstić information content (AvgIpc) is 3.57. The lowest BCUT2D eigenvalue weighted by atomic mass is 10.1. The first-order chi connectivity index (χ1) is 14.4. The van der Waals surface area contributed by atoms with E-state index in [0.717, 1.165) is 28.0 Å². The van der Waals surface area contributed by atoms with Crippen LogP contribution < -0.4 is 5.32 Å². The van der Waals surface area contributed by atoms with Crippen LogP contribution in [-0.4, -0.2) is 34.4 Å². The number of anilines is 1. The van der Waals surface area contributed by atoms with Crippen molar-refractivity contribution in [3.05, 3.63) is 65.0 Å². The summed E-state index contributed by atoms with van der Waals surface area (Å²) in [6, 6.07) is 12.1. The van der Waals surface area contributed by atoms with Gasteiger partial charge in [0.15, 0.2) is 0 Å². The van der Waals surface area contributed by atoms with Crippen LogP contribution in [0.4, 0.5) is 5.82 Å². The summed E-state index contributed by atoms with van der Waals surface area (Å²) < 4.78 is 0. The largest absolute Gasteiger partial charge is 0.373 e. The molecule has 30 heavy (non-hydrogen) atoms. The topological polar surface area (TPSA) is 58.1 Å². The van der Waals surface area contributed by atoms with Crippen LogP contribution in [0.1, 0.15) is 59.8 Å². The van der Waals surface area contributed by atoms with Gasteiger partial charge in [-0.15, -0.1) is 0 Å². The molecular weight excluding hydrogens is 372 g/mol. The van der Waals surface area contributed by atoms with Gasteiger partial charge in [-0.1, -0.05) is 19.9 Å². The fourth-order valence-electron chi connectivity index (χ4n) is 3.89. The first kappa shape index (κ1) is 20.3. The first-order valence-corrected chi connectivity index (χ1v) is 10.8. The Morgan fingerprint density at radius 1 is 1.20 bits per heavy atom. The molecular formula is C25H30N4O. The second-order valence-electron chi connectivity index (χ2n) is 8.75. The lowest BCUT2D eigenvalue weighted by Gasteiger charge is -2.24. The highest BCUT2D eigenvalue weighted by atomic mass is 16.2. The number of nitrogens with one attached hydrogen (secondary N) is 1. The van der Waals surface area contributed by atoms with Crippen molar-refractivity contribution in [2.24, 2.45) is 5.92 Å². The summed E-state index contributed by atoms with van der Waals surface area (Å²) in [4.78, 5) is 24.6. The Morgan fingerprint density at radius 2 is 2.00 bits per heavy atom. The first-order valence-electron chi connectivity index (χ1n) is 10.8. The Kier molecular flexibility index (Phi) is 5.71. The molecule has 2 heterocycles. The number of aromatic nitrogens is 2. The van der Waals surface area contributed by atoms with E-state index in [-0.39, 0.29) is 5.91 Å². The minimum Gasteiger partial charge on any atom is -0.373 e.